The predicted octanol–water partition coefficient (Wildman–Crippen LogP) is 4.95. The molecule has 0 unspecified atom stereocenters. The van der Waals surface area contributed by atoms with E-state index in [2.05, 4.69) is 5.32 Å². The van der Waals surface area contributed by atoms with Gasteiger partial charge >= 0.3 is 0 Å². The summed E-state index contributed by atoms with van der Waals surface area (Å²) >= 11 is 17.9. The lowest BCUT2D eigenvalue weighted by Gasteiger charge is -2.22. The van der Waals surface area contributed by atoms with E-state index in [0.29, 0.717) is 26.4 Å². The second-order valence-electron chi connectivity index (χ2n) is 5.21. The molecule has 2 aromatic carbocycles. The fourth-order valence-corrected chi connectivity index (χ4v) is 2.81. The Morgan fingerprint density at radius 2 is 1.67 bits per heavy atom. The Labute approximate surface area is 155 Å². The Morgan fingerprint density at radius 1 is 1.04 bits per heavy atom. The molecule has 0 fully saturated rings. The lowest BCUT2D eigenvalue weighted by Crippen LogP contribution is -2.37. The van der Waals surface area contributed by atoms with Crippen molar-refractivity contribution >= 4 is 58.0 Å². The van der Waals surface area contributed by atoms with Crippen molar-refractivity contribution in [2.45, 2.75) is 13.8 Å². The largest absolute Gasteiger partial charge is 0.324 e. The van der Waals surface area contributed by atoms with Crippen molar-refractivity contribution in [1.29, 1.82) is 0 Å². The maximum absolute atomic E-state index is 12.3. The van der Waals surface area contributed by atoms with Crippen LogP contribution in [-0.4, -0.2) is 18.4 Å². The van der Waals surface area contributed by atoms with Crippen LogP contribution in [-0.2, 0) is 9.59 Å². The highest BCUT2D eigenvalue weighted by Crippen LogP contribution is 2.29. The molecule has 24 heavy (non-hydrogen) atoms. The van der Waals surface area contributed by atoms with E-state index in [9.17, 15) is 9.59 Å². The Bertz CT molecular complexity index is 793. The van der Waals surface area contributed by atoms with Crippen molar-refractivity contribution in [2.24, 2.45) is 0 Å². The second kappa shape index (κ2) is 7.88. The number of hydrogen-bond acceptors (Lipinski definition) is 2. The highest BCUT2D eigenvalue weighted by Gasteiger charge is 2.19. The summed E-state index contributed by atoms with van der Waals surface area (Å²) in [5.74, 6) is -0.668. The van der Waals surface area contributed by atoms with Gasteiger partial charge in [0, 0.05) is 22.7 Å². The van der Waals surface area contributed by atoms with Gasteiger partial charge in [-0.1, -0.05) is 40.9 Å². The monoisotopic (exact) mass is 384 g/mol. The maximum Gasteiger partial charge on any atom is 0.244 e. The van der Waals surface area contributed by atoms with Crippen LogP contribution in [0.15, 0.2) is 36.4 Å². The summed E-state index contributed by atoms with van der Waals surface area (Å²) in [4.78, 5) is 25.5. The summed E-state index contributed by atoms with van der Waals surface area (Å²) in [5, 5.41) is 4.01. The predicted molar refractivity (Wildman–Crippen MR) is 99.3 cm³/mol. The van der Waals surface area contributed by atoms with Crippen molar-refractivity contribution in [3.05, 3.63) is 57.0 Å². The minimum atomic E-state index is -0.360. The maximum atomic E-state index is 12.3. The Kier molecular flexibility index (Phi) is 6.10. The minimum absolute atomic E-state index is 0.178. The number of hydrogen-bond donors (Lipinski definition) is 1. The highest BCUT2D eigenvalue weighted by molar-refractivity contribution is 6.36. The van der Waals surface area contributed by atoms with Crippen molar-refractivity contribution in [2.75, 3.05) is 16.8 Å². The summed E-state index contributed by atoms with van der Waals surface area (Å²) in [6.45, 7) is 3.04. The van der Waals surface area contributed by atoms with Gasteiger partial charge in [-0.15, -0.1) is 0 Å². The van der Waals surface area contributed by atoms with Gasteiger partial charge in [-0.3, -0.25) is 9.59 Å². The van der Waals surface area contributed by atoms with E-state index in [1.54, 1.807) is 30.3 Å². The van der Waals surface area contributed by atoms with Gasteiger partial charge in [0.25, 0.3) is 0 Å². The molecule has 0 bridgehead atoms. The fourth-order valence-electron chi connectivity index (χ4n) is 2.13. The molecular formula is C17H15Cl3N2O2. The molecule has 0 spiro atoms. The number of carbonyl (C=O) groups is 2. The highest BCUT2D eigenvalue weighted by atomic mass is 35.5. The molecule has 0 radical (unpaired) electrons. The molecular weight excluding hydrogens is 371 g/mol. The quantitative estimate of drug-likeness (QED) is 0.810. The molecule has 1 N–H and O–H groups in total. The van der Waals surface area contributed by atoms with Crippen molar-refractivity contribution in [3.63, 3.8) is 0 Å². The van der Waals surface area contributed by atoms with Crippen LogP contribution in [0.3, 0.4) is 0 Å². The number of rotatable bonds is 4. The Hall–Kier alpha value is -1.75. The third kappa shape index (κ3) is 4.63. The van der Waals surface area contributed by atoms with E-state index in [-0.39, 0.29) is 18.4 Å². The molecule has 126 valence electrons. The van der Waals surface area contributed by atoms with E-state index in [0.717, 1.165) is 5.56 Å². The topological polar surface area (TPSA) is 49.4 Å². The van der Waals surface area contributed by atoms with E-state index in [4.69, 9.17) is 34.8 Å². The summed E-state index contributed by atoms with van der Waals surface area (Å²) in [6, 6.07) is 9.93. The lowest BCUT2D eigenvalue weighted by atomic mass is 10.2. The number of benzene rings is 2. The molecule has 0 aliphatic rings. The summed E-state index contributed by atoms with van der Waals surface area (Å²) in [5.41, 5.74) is 1.89. The molecule has 0 aromatic heterocycles. The van der Waals surface area contributed by atoms with Gasteiger partial charge < -0.3 is 10.2 Å². The average molecular weight is 386 g/mol. The van der Waals surface area contributed by atoms with Gasteiger partial charge in [0.15, 0.2) is 0 Å². The molecule has 2 rings (SSSR count). The van der Waals surface area contributed by atoms with Crippen LogP contribution in [0, 0.1) is 6.92 Å². The molecule has 2 aromatic rings. The van der Waals surface area contributed by atoms with Crippen molar-refractivity contribution < 1.29 is 9.59 Å². The van der Waals surface area contributed by atoms with Crippen LogP contribution in [0.4, 0.5) is 11.4 Å². The third-order valence-electron chi connectivity index (χ3n) is 3.36. The molecule has 0 atom stereocenters. The number of nitrogens with one attached hydrogen (secondary N) is 1. The molecule has 0 aliphatic heterocycles. The number of halogens is 3. The standard InChI is InChI=1S/C17H15Cl3N2O2/c1-10-3-4-13(19)8-15(10)21-17(24)9-22(11(2)23)16-6-5-12(18)7-14(16)20/h3-8H,9H2,1-2H3,(H,21,24). The van der Waals surface area contributed by atoms with E-state index < -0.39 is 0 Å². The lowest BCUT2D eigenvalue weighted by molar-refractivity contribution is -0.120. The van der Waals surface area contributed by atoms with Crippen LogP contribution in [0.1, 0.15) is 12.5 Å². The third-order valence-corrected chi connectivity index (χ3v) is 4.13. The zero-order valence-corrected chi connectivity index (χ0v) is 15.3. The zero-order chi connectivity index (χ0) is 17.9. The van der Waals surface area contributed by atoms with Crippen LogP contribution < -0.4 is 10.2 Å². The molecule has 2 amide bonds. The SMILES string of the molecule is CC(=O)N(CC(=O)Nc1cc(Cl)ccc1C)c1ccc(Cl)cc1Cl. The van der Waals surface area contributed by atoms with Gasteiger partial charge in [0.05, 0.1) is 10.7 Å². The first-order valence-corrected chi connectivity index (χ1v) is 8.20. The van der Waals surface area contributed by atoms with E-state index in [1.807, 2.05) is 6.92 Å². The zero-order valence-electron chi connectivity index (χ0n) is 13.1. The van der Waals surface area contributed by atoms with E-state index >= 15 is 0 Å². The number of anilines is 2. The molecule has 0 saturated heterocycles. The summed E-state index contributed by atoms with van der Waals surface area (Å²) in [6.07, 6.45) is 0. The average Bonchev–Trinajstić information content (AvgIpc) is 2.49. The summed E-state index contributed by atoms with van der Waals surface area (Å²) < 4.78 is 0. The van der Waals surface area contributed by atoms with Gasteiger partial charge in [-0.2, -0.15) is 0 Å². The first-order valence-electron chi connectivity index (χ1n) is 7.07. The van der Waals surface area contributed by atoms with Gasteiger partial charge in [-0.25, -0.2) is 0 Å². The van der Waals surface area contributed by atoms with E-state index in [1.165, 1.54) is 17.9 Å². The summed E-state index contributed by atoms with van der Waals surface area (Å²) in [7, 11) is 0. The molecule has 0 aliphatic carbocycles. The van der Waals surface area contributed by atoms with Gasteiger partial charge in [0.2, 0.25) is 11.8 Å². The molecule has 7 heteroatoms. The second-order valence-corrected chi connectivity index (χ2v) is 6.49. The molecule has 0 saturated carbocycles. The van der Waals surface area contributed by atoms with Crippen LogP contribution in [0.2, 0.25) is 15.1 Å². The number of carbonyl (C=O) groups excluding carboxylic acids is 2. The molecule has 0 heterocycles. The van der Waals surface area contributed by atoms with Gasteiger partial charge in [0.1, 0.15) is 6.54 Å². The van der Waals surface area contributed by atoms with Crippen LogP contribution in [0.25, 0.3) is 0 Å². The van der Waals surface area contributed by atoms with Crippen LogP contribution >= 0.6 is 34.8 Å². The smallest absolute Gasteiger partial charge is 0.244 e. The Balaban J connectivity index is 2.20. The van der Waals surface area contributed by atoms with Crippen molar-refractivity contribution in [3.8, 4) is 0 Å². The number of aryl methyl sites for hydroxylation is 1. The van der Waals surface area contributed by atoms with Crippen molar-refractivity contribution in [1.82, 2.24) is 0 Å². The first-order chi connectivity index (χ1) is 11.3. The molecule has 4 nitrogen and oxygen atoms in total. The van der Waals surface area contributed by atoms with Gasteiger partial charge in [-0.05, 0) is 42.8 Å². The van der Waals surface area contributed by atoms with Crippen LogP contribution in [0.5, 0.6) is 0 Å². The normalized spacial score (nSPS) is 10.4. The minimum Gasteiger partial charge on any atom is -0.324 e. The Morgan fingerprint density at radius 3 is 2.29 bits per heavy atom. The number of amides is 2. The first kappa shape index (κ1) is 18.6. The fraction of sp³-hybridized carbons (Fsp3) is 0.176. The number of nitrogens with zero attached hydrogens (tertiary/aromatic N) is 1.